The number of amides is 1. The van der Waals surface area contributed by atoms with E-state index >= 15 is 0 Å². The first-order valence-electron chi connectivity index (χ1n) is 4.83. The van der Waals surface area contributed by atoms with E-state index in [4.69, 9.17) is 11.0 Å². The van der Waals surface area contributed by atoms with Gasteiger partial charge in [0.15, 0.2) is 0 Å². The van der Waals surface area contributed by atoms with Crippen LogP contribution in [0.5, 0.6) is 5.75 Å². The molecule has 0 heterocycles. The van der Waals surface area contributed by atoms with Crippen molar-refractivity contribution in [3.63, 3.8) is 0 Å². The highest BCUT2D eigenvalue weighted by Crippen LogP contribution is 2.25. The summed E-state index contributed by atoms with van der Waals surface area (Å²) in [5.41, 5.74) is 5.15. The van der Waals surface area contributed by atoms with Gasteiger partial charge in [-0.05, 0) is 17.7 Å². The Labute approximate surface area is 97.5 Å². The Kier molecular flexibility index (Phi) is 4.04. The van der Waals surface area contributed by atoms with E-state index in [1.54, 1.807) is 6.07 Å². The molecule has 5 N–H and O–H groups in total. The molecule has 17 heavy (non-hydrogen) atoms. The van der Waals surface area contributed by atoms with Crippen LogP contribution in [0.4, 0.5) is 0 Å². The lowest BCUT2D eigenvalue weighted by atomic mass is 10.0. The lowest BCUT2D eigenvalue weighted by Crippen LogP contribution is -2.25. The van der Waals surface area contributed by atoms with Gasteiger partial charge >= 0.3 is 0 Å². The maximum absolute atomic E-state index is 10.6. The molecule has 1 aromatic carbocycles. The monoisotopic (exact) mass is 236 g/mol. The summed E-state index contributed by atoms with van der Waals surface area (Å²) >= 11 is 0. The van der Waals surface area contributed by atoms with E-state index in [1.165, 1.54) is 12.1 Å². The SMILES string of the molecule is N#Cc1ccc(C(O)C(O)CC(N)=O)cc1O. The molecule has 90 valence electrons. The summed E-state index contributed by atoms with van der Waals surface area (Å²) in [5.74, 6) is -1.04. The number of primary amides is 1. The molecule has 1 rings (SSSR count). The molecule has 2 atom stereocenters. The molecule has 0 radical (unpaired) electrons. The fourth-order valence-electron chi connectivity index (χ4n) is 1.37. The highest BCUT2D eigenvalue weighted by molar-refractivity contribution is 5.74. The summed E-state index contributed by atoms with van der Waals surface area (Å²) in [7, 11) is 0. The van der Waals surface area contributed by atoms with Gasteiger partial charge in [0, 0.05) is 0 Å². The predicted molar refractivity (Wildman–Crippen MR) is 57.6 cm³/mol. The predicted octanol–water partition coefficient (Wildman–Crippen LogP) is -0.466. The molecule has 0 fully saturated rings. The van der Waals surface area contributed by atoms with Gasteiger partial charge in [-0.25, -0.2) is 0 Å². The van der Waals surface area contributed by atoms with Crippen molar-refractivity contribution in [2.45, 2.75) is 18.6 Å². The van der Waals surface area contributed by atoms with Crippen LogP contribution in [-0.4, -0.2) is 27.3 Å². The lowest BCUT2D eigenvalue weighted by Gasteiger charge is -2.17. The molecule has 1 amide bonds. The third-order valence-corrected chi connectivity index (χ3v) is 2.26. The molecule has 0 saturated heterocycles. The normalized spacial score (nSPS) is 13.7. The molecule has 0 saturated carbocycles. The molecule has 2 unspecified atom stereocenters. The van der Waals surface area contributed by atoms with Crippen LogP contribution in [0.15, 0.2) is 18.2 Å². The van der Waals surface area contributed by atoms with Crippen LogP contribution in [0, 0.1) is 11.3 Å². The number of nitrogens with zero attached hydrogens (tertiary/aromatic N) is 1. The topological polar surface area (TPSA) is 128 Å². The van der Waals surface area contributed by atoms with E-state index < -0.39 is 18.1 Å². The molecule has 0 aliphatic rings. The van der Waals surface area contributed by atoms with Crippen LogP contribution in [0.25, 0.3) is 0 Å². The van der Waals surface area contributed by atoms with Gasteiger partial charge in [0.05, 0.1) is 18.1 Å². The second kappa shape index (κ2) is 5.30. The number of benzene rings is 1. The largest absolute Gasteiger partial charge is 0.507 e. The van der Waals surface area contributed by atoms with Crippen LogP contribution < -0.4 is 5.73 Å². The minimum absolute atomic E-state index is 0.0605. The number of phenolic OH excluding ortho intramolecular Hbond substituents is 1. The van der Waals surface area contributed by atoms with Crippen molar-refractivity contribution in [3.05, 3.63) is 29.3 Å². The minimum atomic E-state index is -1.35. The summed E-state index contributed by atoms with van der Waals surface area (Å²) in [4.78, 5) is 10.6. The Morgan fingerprint density at radius 3 is 2.59 bits per heavy atom. The van der Waals surface area contributed by atoms with Gasteiger partial charge in [-0.1, -0.05) is 6.07 Å². The Morgan fingerprint density at radius 2 is 2.12 bits per heavy atom. The molecular formula is C11H12N2O4. The maximum Gasteiger partial charge on any atom is 0.220 e. The van der Waals surface area contributed by atoms with Crippen molar-refractivity contribution >= 4 is 5.91 Å². The second-order valence-corrected chi connectivity index (χ2v) is 3.57. The Bertz CT molecular complexity index is 467. The van der Waals surface area contributed by atoms with E-state index in [2.05, 4.69) is 0 Å². The Hall–Kier alpha value is -2.10. The number of aromatic hydroxyl groups is 1. The van der Waals surface area contributed by atoms with Gasteiger partial charge in [0.1, 0.15) is 17.9 Å². The number of hydrogen-bond acceptors (Lipinski definition) is 5. The highest BCUT2D eigenvalue weighted by atomic mass is 16.3. The highest BCUT2D eigenvalue weighted by Gasteiger charge is 2.21. The van der Waals surface area contributed by atoms with Crippen LogP contribution in [-0.2, 0) is 4.79 Å². The zero-order valence-electron chi connectivity index (χ0n) is 8.87. The van der Waals surface area contributed by atoms with Gasteiger partial charge in [0.2, 0.25) is 5.91 Å². The average molecular weight is 236 g/mol. The van der Waals surface area contributed by atoms with Crippen LogP contribution in [0.2, 0.25) is 0 Å². The van der Waals surface area contributed by atoms with Crippen molar-refractivity contribution < 1.29 is 20.1 Å². The average Bonchev–Trinajstić information content (AvgIpc) is 2.27. The first-order valence-corrected chi connectivity index (χ1v) is 4.83. The first kappa shape index (κ1) is 13.0. The summed E-state index contributed by atoms with van der Waals surface area (Å²) in [6, 6.07) is 5.61. The third kappa shape index (κ3) is 3.17. The van der Waals surface area contributed by atoms with Gasteiger partial charge in [-0.2, -0.15) is 5.26 Å². The molecule has 6 nitrogen and oxygen atoms in total. The van der Waals surface area contributed by atoms with E-state index in [0.717, 1.165) is 6.07 Å². The quantitative estimate of drug-likeness (QED) is 0.562. The number of phenols is 1. The van der Waals surface area contributed by atoms with E-state index in [9.17, 15) is 20.1 Å². The van der Waals surface area contributed by atoms with Crippen LogP contribution in [0.3, 0.4) is 0 Å². The number of aliphatic hydroxyl groups excluding tert-OH is 2. The van der Waals surface area contributed by atoms with E-state index in [0.29, 0.717) is 0 Å². The van der Waals surface area contributed by atoms with Gasteiger partial charge in [-0.15, -0.1) is 0 Å². The molecule has 0 aliphatic carbocycles. The number of nitriles is 1. The van der Waals surface area contributed by atoms with E-state index in [-0.39, 0.29) is 23.3 Å². The van der Waals surface area contributed by atoms with Crippen molar-refractivity contribution in [3.8, 4) is 11.8 Å². The molecule has 0 bridgehead atoms. The third-order valence-electron chi connectivity index (χ3n) is 2.26. The van der Waals surface area contributed by atoms with Crippen molar-refractivity contribution in [2.24, 2.45) is 5.73 Å². The summed E-state index contributed by atoms with van der Waals surface area (Å²) in [6.45, 7) is 0. The maximum atomic E-state index is 10.6. The molecular weight excluding hydrogens is 224 g/mol. The molecule has 0 aliphatic heterocycles. The van der Waals surface area contributed by atoms with Crippen LogP contribution in [0.1, 0.15) is 23.7 Å². The van der Waals surface area contributed by atoms with Crippen molar-refractivity contribution in [2.75, 3.05) is 0 Å². The van der Waals surface area contributed by atoms with Gasteiger partial charge in [-0.3, -0.25) is 4.79 Å². The summed E-state index contributed by atoms with van der Waals surface area (Å²) in [5, 5.41) is 37.1. The number of nitrogens with two attached hydrogens (primary N) is 1. The zero-order chi connectivity index (χ0) is 13.0. The first-order chi connectivity index (χ1) is 7.95. The summed E-state index contributed by atoms with van der Waals surface area (Å²) < 4.78 is 0. The molecule has 0 spiro atoms. The van der Waals surface area contributed by atoms with Gasteiger partial charge in [0.25, 0.3) is 0 Å². The molecule has 0 aromatic heterocycles. The Balaban J connectivity index is 2.90. The molecule has 1 aromatic rings. The smallest absolute Gasteiger partial charge is 0.220 e. The summed E-state index contributed by atoms with van der Waals surface area (Å²) in [6.07, 6.45) is -3.08. The zero-order valence-corrected chi connectivity index (χ0v) is 8.87. The number of hydrogen-bond donors (Lipinski definition) is 4. The lowest BCUT2D eigenvalue weighted by molar-refractivity contribution is -0.121. The van der Waals surface area contributed by atoms with Crippen molar-refractivity contribution in [1.29, 1.82) is 5.26 Å². The Morgan fingerprint density at radius 1 is 1.47 bits per heavy atom. The fraction of sp³-hybridized carbons (Fsp3) is 0.273. The number of carbonyl (C=O) groups is 1. The fourth-order valence-corrected chi connectivity index (χ4v) is 1.37. The van der Waals surface area contributed by atoms with E-state index in [1.807, 2.05) is 0 Å². The minimum Gasteiger partial charge on any atom is -0.507 e. The standard InChI is InChI=1S/C11H12N2O4/c12-5-7-2-1-6(3-8(7)14)11(17)9(15)4-10(13)16/h1-3,9,11,14-15,17H,4H2,(H2,13,16). The number of carbonyl (C=O) groups excluding carboxylic acids is 1. The van der Waals surface area contributed by atoms with Crippen molar-refractivity contribution in [1.82, 2.24) is 0 Å². The van der Waals surface area contributed by atoms with Gasteiger partial charge < -0.3 is 21.1 Å². The number of rotatable bonds is 4. The van der Waals surface area contributed by atoms with Crippen LogP contribution >= 0.6 is 0 Å². The second-order valence-electron chi connectivity index (χ2n) is 3.57. The number of aliphatic hydroxyl groups is 2. The molecule has 6 heteroatoms.